The largest absolute Gasteiger partial charge is 0.328 e. The topological polar surface area (TPSA) is 75.5 Å². The Bertz CT molecular complexity index is 406. The number of urea groups is 1. The number of benzene rings is 1. The number of hydrogen-bond donors (Lipinski definition) is 1. The predicted octanol–water partition coefficient (Wildman–Crippen LogP) is 2.08. The highest BCUT2D eigenvalue weighted by Gasteiger charge is 2.09. The minimum absolute atomic E-state index is 0.0445. The maximum Gasteiger partial charge on any atom is 0.321 e. The third-order valence-corrected chi connectivity index (χ3v) is 2.13. The normalized spacial score (nSPS) is 9.62. The lowest BCUT2D eigenvalue weighted by molar-refractivity contribution is -0.384. The van der Waals surface area contributed by atoms with Gasteiger partial charge in [-0.2, -0.15) is 0 Å². The van der Waals surface area contributed by atoms with Crippen molar-refractivity contribution in [1.29, 1.82) is 0 Å². The van der Waals surface area contributed by atoms with E-state index in [0.717, 1.165) is 0 Å². The van der Waals surface area contributed by atoms with E-state index in [1.165, 1.54) is 23.1 Å². The molecule has 0 bridgehead atoms. The summed E-state index contributed by atoms with van der Waals surface area (Å²) in [6, 6.07) is 5.54. The third-order valence-electron chi connectivity index (χ3n) is 2.13. The van der Waals surface area contributed by atoms with Crippen LogP contribution in [-0.2, 0) is 0 Å². The maximum absolute atomic E-state index is 11.5. The van der Waals surface area contributed by atoms with Gasteiger partial charge in [0.1, 0.15) is 0 Å². The van der Waals surface area contributed by atoms with Crippen molar-refractivity contribution in [1.82, 2.24) is 4.90 Å². The molecule has 1 N–H and O–H groups in total. The summed E-state index contributed by atoms with van der Waals surface area (Å²) in [4.78, 5) is 23.0. The van der Waals surface area contributed by atoms with Gasteiger partial charge in [0.15, 0.2) is 0 Å². The number of rotatable bonds is 3. The number of nitro benzene ring substituents is 1. The van der Waals surface area contributed by atoms with Crippen LogP contribution in [0.5, 0.6) is 0 Å². The van der Waals surface area contributed by atoms with Gasteiger partial charge in [0.05, 0.1) is 4.92 Å². The molecule has 1 rings (SSSR count). The van der Waals surface area contributed by atoms with Gasteiger partial charge in [-0.05, 0) is 13.0 Å². The van der Waals surface area contributed by atoms with Crippen LogP contribution in [0.25, 0.3) is 0 Å². The lowest BCUT2D eigenvalue weighted by Crippen LogP contribution is -2.30. The summed E-state index contributed by atoms with van der Waals surface area (Å²) in [5.41, 5.74) is 0.372. The van der Waals surface area contributed by atoms with E-state index in [9.17, 15) is 14.9 Å². The number of hydrogen-bond acceptors (Lipinski definition) is 3. The van der Waals surface area contributed by atoms with Gasteiger partial charge in [0, 0.05) is 31.4 Å². The summed E-state index contributed by atoms with van der Waals surface area (Å²) in [5.74, 6) is 0. The fraction of sp³-hybridized carbons (Fsp3) is 0.300. The van der Waals surface area contributed by atoms with Crippen LogP contribution in [0, 0.1) is 10.1 Å². The highest BCUT2D eigenvalue weighted by molar-refractivity contribution is 5.89. The summed E-state index contributed by atoms with van der Waals surface area (Å²) >= 11 is 0. The van der Waals surface area contributed by atoms with Crippen molar-refractivity contribution in [2.75, 3.05) is 18.9 Å². The quantitative estimate of drug-likeness (QED) is 0.629. The summed E-state index contributed by atoms with van der Waals surface area (Å²) in [6.07, 6.45) is 0. The number of amides is 2. The van der Waals surface area contributed by atoms with Crippen LogP contribution in [0.3, 0.4) is 0 Å². The molecule has 0 heterocycles. The highest BCUT2D eigenvalue weighted by Crippen LogP contribution is 2.17. The molecule has 0 aliphatic heterocycles. The lowest BCUT2D eigenvalue weighted by atomic mass is 10.3. The van der Waals surface area contributed by atoms with Gasteiger partial charge in [-0.25, -0.2) is 4.79 Å². The molecule has 1 aromatic rings. The molecular formula is C10H13N3O3. The van der Waals surface area contributed by atoms with Crippen molar-refractivity contribution in [3.63, 3.8) is 0 Å². The smallest absolute Gasteiger partial charge is 0.321 e. The molecule has 2 amide bonds. The maximum atomic E-state index is 11.5. The van der Waals surface area contributed by atoms with E-state index in [0.29, 0.717) is 12.2 Å². The van der Waals surface area contributed by atoms with Crippen LogP contribution in [-0.4, -0.2) is 29.4 Å². The molecule has 0 aromatic heterocycles. The van der Waals surface area contributed by atoms with Crippen molar-refractivity contribution in [3.8, 4) is 0 Å². The monoisotopic (exact) mass is 223 g/mol. The zero-order valence-corrected chi connectivity index (χ0v) is 9.14. The van der Waals surface area contributed by atoms with Crippen LogP contribution in [0.2, 0.25) is 0 Å². The van der Waals surface area contributed by atoms with E-state index in [-0.39, 0.29) is 11.7 Å². The van der Waals surface area contributed by atoms with Gasteiger partial charge in [0.25, 0.3) is 5.69 Å². The van der Waals surface area contributed by atoms with Crippen LogP contribution >= 0.6 is 0 Å². The molecule has 0 fully saturated rings. The first kappa shape index (κ1) is 12.0. The number of carbonyl (C=O) groups excluding carboxylic acids is 1. The molecule has 6 heteroatoms. The zero-order valence-electron chi connectivity index (χ0n) is 9.14. The fourth-order valence-electron chi connectivity index (χ4n) is 1.06. The zero-order chi connectivity index (χ0) is 12.1. The van der Waals surface area contributed by atoms with Crippen LogP contribution in [0.1, 0.15) is 6.92 Å². The second kappa shape index (κ2) is 5.11. The Morgan fingerprint density at radius 1 is 1.56 bits per heavy atom. The summed E-state index contributed by atoms with van der Waals surface area (Å²) in [7, 11) is 1.65. The number of non-ortho nitro benzene ring substituents is 1. The Labute approximate surface area is 93.0 Å². The summed E-state index contributed by atoms with van der Waals surface area (Å²) in [6.45, 7) is 2.41. The molecule has 0 radical (unpaired) electrons. The summed E-state index contributed by atoms with van der Waals surface area (Å²) < 4.78 is 0. The minimum atomic E-state index is -0.501. The van der Waals surface area contributed by atoms with Crippen molar-refractivity contribution in [2.24, 2.45) is 0 Å². The highest BCUT2D eigenvalue weighted by atomic mass is 16.6. The molecule has 1 aromatic carbocycles. The van der Waals surface area contributed by atoms with E-state index in [1.807, 2.05) is 6.92 Å². The average Bonchev–Trinajstić information content (AvgIpc) is 2.28. The number of carbonyl (C=O) groups is 1. The second-order valence-electron chi connectivity index (χ2n) is 3.25. The first-order valence-corrected chi connectivity index (χ1v) is 4.81. The van der Waals surface area contributed by atoms with Crippen LogP contribution < -0.4 is 5.32 Å². The molecule has 0 aliphatic carbocycles. The Morgan fingerprint density at radius 2 is 2.25 bits per heavy atom. The average molecular weight is 223 g/mol. The molecule has 0 unspecified atom stereocenters. The predicted molar refractivity (Wildman–Crippen MR) is 60.4 cm³/mol. The molecule has 86 valence electrons. The molecule has 6 nitrogen and oxygen atoms in total. The molecule has 0 saturated carbocycles. The van der Waals surface area contributed by atoms with E-state index in [1.54, 1.807) is 13.1 Å². The van der Waals surface area contributed by atoms with Crippen molar-refractivity contribution in [3.05, 3.63) is 34.4 Å². The number of nitro groups is 1. The van der Waals surface area contributed by atoms with Crippen molar-refractivity contribution < 1.29 is 9.72 Å². The third kappa shape index (κ3) is 2.94. The van der Waals surface area contributed by atoms with Gasteiger partial charge >= 0.3 is 6.03 Å². The van der Waals surface area contributed by atoms with E-state index in [2.05, 4.69) is 5.32 Å². The van der Waals surface area contributed by atoms with Gasteiger partial charge in [-0.15, -0.1) is 0 Å². The van der Waals surface area contributed by atoms with Gasteiger partial charge in [0.2, 0.25) is 0 Å². The molecule has 0 spiro atoms. The SMILES string of the molecule is CCN(C)C(=O)Nc1cccc([N+](=O)[O-])c1. The molecule has 0 aliphatic rings. The second-order valence-corrected chi connectivity index (χ2v) is 3.25. The molecule has 16 heavy (non-hydrogen) atoms. The minimum Gasteiger partial charge on any atom is -0.328 e. The fourth-order valence-corrected chi connectivity index (χ4v) is 1.06. The van der Waals surface area contributed by atoms with Gasteiger partial charge in [-0.3, -0.25) is 10.1 Å². The number of nitrogens with zero attached hydrogens (tertiary/aromatic N) is 2. The standard InChI is InChI=1S/C10H13N3O3/c1-3-12(2)10(14)11-8-5-4-6-9(7-8)13(15)16/h4-7H,3H2,1-2H3,(H,11,14). The Kier molecular flexibility index (Phi) is 3.82. The Balaban J connectivity index is 2.78. The molecule has 0 atom stereocenters. The first-order valence-electron chi connectivity index (χ1n) is 4.81. The number of nitrogens with one attached hydrogen (secondary N) is 1. The van der Waals surface area contributed by atoms with E-state index in [4.69, 9.17) is 0 Å². The molecule has 0 saturated heterocycles. The first-order chi connectivity index (χ1) is 7.54. The van der Waals surface area contributed by atoms with E-state index < -0.39 is 4.92 Å². The van der Waals surface area contributed by atoms with E-state index >= 15 is 0 Å². The van der Waals surface area contributed by atoms with Crippen molar-refractivity contribution in [2.45, 2.75) is 6.92 Å². The van der Waals surface area contributed by atoms with Gasteiger partial charge < -0.3 is 10.2 Å². The van der Waals surface area contributed by atoms with Crippen LogP contribution in [0.4, 0.5) is 16.2 Å². The molecular weight excluding hydrogens is 210 g/mol. The van der Waals surface area contributed by atoms with Crippen molar-refractivity contribution >= 4 is 17.4 Å². The summed E-state index contributed by atoms with van der Waals surface area (Å²) in [5, 5.41) is 13.1. The Hall–Kier alpha value is -2.11. The van der Waals surface area contributed by atoms with Crippen LogP contribution in [0.15, 0.2) is 24.3 Å². The van der Waals surface area contributed by atoms with Gasteiger partial charge in [-0.1, -0.05) is 6.07 Å². The Morgan fingerprint density at radius 3 is 2.81 bits per heavy atom. The lowest BCUT2D eigenvalue weighted by Gasteiger charge is -2.15. The number of anilines is 1.